The third-order valence-corrected chi connectivity index (χ3v) is 2.11. The van der Waals surface area contributed by atoms with Gasteiger partial charge in [0.25, 0.3) is 0 Å². The van der Waals surface area contributed by atoms with Crippen molar-refractivity contribution < 1.29 is 19.4 Å². The molecule has 12 heavy (non-hydrogen) atoms. The SMILES string of the molecule is Cl.NO[C@H]1C[C@H](O)[C@H]2CO[C@@H]1O2. The standard InChI is InChI=1S/C6H11NO4.ClH/c7-11-4-1-3(8)5-2-9-6(4)10-5;/h3-6,8H,1-2,7H2;1H/t3-,4-,5+,6+;/m0./s1. The van der Waals surface area contributed by atoms with E-state index in [1.807, 2.05) is 0 Å². The molecule has 3 N–H and O–H groups in total. The lowest BCUT2D eigenvalue weighted by atomic mass is 10.1. The monoisotopic (exact) mass is 197 g/mol. The number of ether oxygens (including phenoxy) is 2. The first-order chi connectivity index (χ1) is 5.31. The maximum Gasteiger partial charge on any atom is 0.186 e. The molecule has 6 heteroatoms. The Balaban J connectivity index is 0.000000720. The van der Waals surface area contributed by atoms with Gasteiger partial charge in [0.15, 0.2) is 6.29 Å². The van der Waals surface area contributed by atoms with E-state index < -0.39 is 6.10 Å². The summed E-state index contributed by atoms with van der Waals surface area (Å²) in [5.41, 5.74) is 0. The summed E-state index contributed by atoms with van der Waals surface area (Å²) in [5.74, 6) is 4.98. The fourth-order valence-corrected chi connectivity index (χ4v) is 1.46. The zero-order chi connectivity index (χ0) is 7.84. The van der Waals surface area contributed by atoms with Crippen LogP contribution in [0.2, 0.25) is 0 Å². The third kappa shape index (κ3) is 1.56. The van der Waals surface area contributed by atoms with Crippen molar-refractivity contribution in [1.29, 1.82) is 0 Å². The first kappa shape index (κ1) is 10.2. The van der Waals surface area contributed by atoms with Crippen molar-refractivity contribution in [2.75, 3.05) is 6.61 Å². The van der Waals surface area contributed by atoms with Gasteiger partial charge in [0.05, 0.1) is 12.7 Å². The Morgan fingerprint density at radius 3 is 2.92 bits per heavy atom. The van der Waals surface area contributed by atoms with E-state index in [0.717, 1.165) is 0 Å². The Morgan fingerprint density at radius 1 is 1.50 bits per heavy atom. The van der Waals surface area contributed by atoms with E-state index in [1.165, 1.54) is 0 Å². The molecule has 2 saturated heterocycles. The number of halogens is 1. The molecule has 2 aliphatic heterocycles. The maximum atomic E-state index is 9.36. The largest absolute Gasteiger partial charge is 0.390 e. The van der Waals surface area contributed by atoms with E-state index in [0.29, 0.717) is 13.0 Å². The first-order valence-electron chi connectivity index (χ1n) is 3.62. The summed E-state index contributed by atoms with van der Waals surface area (Å²) < 4.78 is 10.4. The van der Waals surface area contributed by atoms with Crippen molar-refractivity contribution in [3.8, 4) is 0 Å². The molecular formula is C6H12ClNO4. The molecule has 2 fully saturated rings. The lowest BCUT2D eigenvalue weighted by molar-refractivity contribution is -0.199. The molecule has 0 aromatic carbocycles. The van der Waals surface area contributed by atoms with Crippen molar-refractivity contribution in [3.05, 3.63) is 0 Å². The van der Waals surface area contributed by atoms with Gasteiger partial charge in [-0.1, -0.05) is 0 Å². The van der Waals surface area contributed by atoms with Gasteiger partial charge in [0.2, 0.25) is 0 Å². The van der Waals surface area contributed by atoms with Crippen molar-refractivity contribution in [2.45, 2.75) is 31.0 Å². The lowest BCUT2D eigenvalue weighted by Crippen LogP contribution is -2.44. The van der Waals surface area contributed by atoms with Crippen LogP contribution in [0.25, 0.3) is 0 Å². The van der Waals surface area contributed by atoms with Crippen LogP contribution in [0.1, 0.15) is 6.42 Å². The van der Waals surface area contributed by atoms with Gasteiger partial charge >= 0.3 is 0 Å². The number of rotatable bonds is 1. The third-order valence-electron chi connectivity index (χ3n) is 2.11. The van der Waals surface area contributed by atoms with Gasteiger partial charge in [-0.3, -0.25) is 4.84 Å². The molecule has 0 aromatic heterocycles. The second-order valence-corrected chi connectivity index (χ2v) is 2.85. The molecular weight excluding hydrogens is 186 g/mol. The average Bonchev–Trinajstić information content (AvgIpc) is 2.43. The predicted molar refractivity (Wildman–Crippen MR) is 41.5 cm³/mol. The van der Waals surface area contributed by atoms with E-state index in [1.54, 1.807) is 0 Å². The van der Waals surface area contributed by atoms with Crippen molar-refractivity contribution in [1.82, 2.24) is 0 Å². The summed E-state index contributed by atoms with van der Waals surface area (Å²) >= 11 is 0. The number of hydrogen-bond donors (Lipinski definition) is 2. The van der Waals surface area contributed by atoms with Crippen LogP contribution in [-0.4, -0.2) is 36.3 Å². The smallest absolute Gasteiger partial charge is 0.186 e. The zero-order valence-electron chi connectivity index (χ0n) is 6.38. The summed E-state index contributed by atoms with van der Waals surface area (Å²) in [6.07, 6.45) is -0.919. The Morgan fingerprint density at radius 2 is 2.25 bits per heavy atom. The summed E-state index contributed by atoms with van der Waals surface area (Å²) in [5, 5.41) is 9.36. The van der Waals surface area contributed by atoms with Crippen molar-refractivity contribution >= 4 is 12.4 Å². The highest BCUT2D eigenvalue weighted by molar-refractivity contribution is 5.85. The highest BCUT2D eigenvalue weighted by Gasteiger charge is 2.43. The second-order valence-electron chi connectivity index (χ2n) is 2.85. The molecule has 2 heterocycles. The van der Waals surface area contributed by atoms with E-state index in [4.69, 9.17) is 15.4 Å². The number of hydrogen-bond acceptors (Lipinski definition) is 5. The fourth-order valence-electron chi connectivity index (χ4n) is 1.46. The van der Waals surface area contributed by atoms with Gasteiger partial charge in [-0.25, -0.2) is 5.90 Å². The number of nitrogens with two attached hydrogens (primary N) is 1. The Labute approximate surface area is 76.1 Å². The molecule has 2 bridgehead atoms. The Kier molecular flexibility index (Phi) is 3.28. The summed E-state index contributed by atoms with van der Waals surface area (Å²) in [4.78, 5) is 4.58. The molecule has 0 amide bonds. The van der Waals surface area contributed by atoms with Gasteiger partial charge in [-0.05, 0) is 0 Å². The molecule has 0 unspecified atom stereocenters. The summed E-state index contributed by atoms with van der Waals surface area (Å²) in [7, 11) is 0. The first-order valence-corrected chi connectivity index (χ1v) is 3.62. The van der Waals surface area contributed by atoms with E-state index in [-0.39, 0.29) is 30.9 Å². The maximum absolute atomic E-state index is 9.36. The molecule has 0 aromatic rings. The molecule has 4 atom stereocenters. The van der Waals surface area contributed by atoms with Crippen LogP contribution in [0.4, 0.5) is 0 Å². The van der Waals surface area contributed by atoms with E-state index >= 15 is 0 Å². The normalized spacial score (nSPS) is 45.5. The van der Waals surface area contributed by atoms with Crippen molar-refractivity contribution in [3.63, 3.8) is 0 Å². The quantitative estimate of drug-likeness (QED) is 0.537. The van der Waals surface area contributed by atoms with E-state index in [9.17, 15) is 5.11 Å². The number of fused-ring (bicyclic) bond motifs is 2. The molecule has 72 valence electrons. The van der Waals surface area contributed by atoms with Gasteiger partial charge in [0.1, 0.15) is 12.2 Å². The highest BCUT2D eigenvalue weighted by Crippen LogP contribution is 2.28. The predicted octanol–water partition coefficient (Wildman–Crippen LogP) is -0.827. The van der Waals surface area contributed by atoms with Gasteiger partial charge < -0.3 is 14.6 Å². The zero-order valence-corrected chi connectivity index (χ0v) is 7.20. The minimum Gasteiger partial charge on any atom is -0.390 e. The average molecular weight is 198 g/mol. The highest BCUT2D eigenvalue weighted by atomic mass is 35.5. The lowest BCUT2D eigenvalue weighted by Gasteiger charge is -2.28. The number of aliphatic hydroxyl groups excluding tert-OH is 1. The molecule has 5 nitrogen and oxygen atoms in total. The number of aliphatic hydroxyl groups is 1. The molecule has 0 saturated carbocycles. The van der Waals surface area contributed by atoms with Gasteiger partial charge in [-0.2, -0.15) is 0 Å². The molecule has 0 radical (unpaired) electrons. The fraction of sp³-hybridized carbons (Fsp3) is 1.00. The van der Waals surface area contributed by atoms with Gasteiger partial charge in [0, 0.05) is 6.42 Å². The minimum absolute atomic E-state index is 0. The second kappa shape index (κ2) is 3.87. The Bertz CT molecular complexity index is 158. The van der Waals surface area contributed by atoms with Crippen LogP contribution in [0.15, 0.2) is 0 Å². The minimum atomic E-state index is -0.512. The van der Waals surface area contributed by atoms with E-state index in [2.05, 4.69) is 4.84 Å². The Hall–Kier alpha value is 0.0900. The van der Waals surface area contributed by atoms with Crippen LogP contribution in [-0.2, 0) is 14.3 Å². The molecule has 0 aliphatic carbocycles. The van der Waals surface area contributed by atoms with Crippen LogP contribution >= 0.6 is 12.4 Å². The summed E-state index contributed by atoms with van der Waals surface area (Å²) in [6.45, 7) is 0.436. The van der Waals surface area contributed by atoms with Crippen LogP contribution < -0.4 is 5.90 Å². The van der Waals surface area contributed by atoms with Crippen LogP contribution in [0, 0.1) is 0 Å². The van der Waals surface area contributed by atoms with Crippen molar-refractivity contribution in [2.24, 2.45) is 5.90 Å². The molecule has 2 aliphatic rings. The molecule has 0 spiro atoms. The topological polar surface area (TPSA) is 73.9 Å². The molecule has 2 rings (SSSR count). The summed E-state index contributed by atoms with van der Waals surface area (Å²) in [6, 6.07) is 0. The van der Waals surface area contributed by atoms with Crippen LogP contribution in [0.3, 0.4) is 0 Å². The van der Waals surface area contributed by atoms with Crippen LogP contribution in [0.5, 0.6) is 0 Å². The van der Waals surface area contributed by atoms with Gasteiger partial charge in [-0.15, -0.1) is 12.4 Å².